The Labute approximate surface area is 102 Å². The van der Waals surface area contributed by atoms with Crippen LogP contribution in [0.2, 0.25) is 0 Å². The summed E-state index contributed by atoms with van der Waals surface area (Å²) in [6, 6.07) is 3.52. The van der Waals surface area contributed by atoms with Crippen molar-refractivity contribution < 1.29 is 24.2 Å². The second-order valence-corrected chi connectivity index (χ2v) is 3.62. The van der Waals surface area contributed by atoms with E-state index in [4.69, 9.17) is 10.2 Å². The normalized spacial score (nSPS) is 11.7. The number of carboxylic acids is 1. The molecule has 6 nitrogen and oxygen atoms in total. The molecule has 0 spiro atoms. The topological polar surface area (TPSA) is 98.7 Å². The third kappa shape index (κ3) is 3.70. The minimum atomic E-state index is -1.70. The van der Waals surface area contributed by atoms with Crippen LogP contribution in [0.15, 0.2) is 18.2 Å². The first-order chi connectivity index (χ1) is 8.41. The molecule has 0 aliphatic heterocycles. The van der Waals surface area contributed by atoms with E-state index in [0.717, 1.165) is 0 Å². The zero-order valence-corrected chi connectivity index (χ0v) is 9.61. The molecule has 18 heavy (non-hydrogen) atoms. The van der Waals surface area contributed by atoms with Crippen LogP contribution in [-0.2, 0) is 4.79 Å². The molecule has 1 atom stereocenters. The zero-order valence-electron chi connectivity index (χ0n) is 9.61. The maximum absolute atomic E-state index is 13.4. The van der Waals surface area contributed by atoms with Gasteiger partial charge in [-0.2, -0.15) is 0 Å². The predicted octanol–water partition coefficient (Wildman–Crippen LogP) is 0.701. The lowest BCUT2D eigenvalue weighted by atomic mass is 10.2. The summed E-state index contributed by atoms with van der Waals surface area (Å²) in [5.41, 5.74) is 0.545. The summed E-state index contributed by atoms with van der Waals surface area (Å²) in [4.78, 5) is 21.6. The quantitative estimate of drug-likeness (QED) is 0.637. The van der Waals surface area contributed by atoms with Crippen molar-refractivity contribution in [3.8, 4) is 0 Å². The molecule has 2 amide bonds. The number of amides is 2. The molecule has 1 aromatic rings. The molecule has 4 N–H and O–H groups in total. The predicted molar refractivity (Wildman–Crippen MR) is 61.8 cm³/mol. The van der Waals surface area contributed by atoms with E-state index in [0.29, 0.717) is 5.56 Å². The number of aryl methyl sites for hydroxylation is 1. The van der Waals surface area contributed by atoms with Gasteiger partial charge in [-0.05, 0) is 18.6 Å². The van der Waals surface area contributed by atoms with E-state index in [-0.39, 0.29) is 5.69 Å². The van der Waals surface area contributed by atoms with Gasteiger partial charge in [-0.15, -0.1) is 0 Å². The highest BCUT2D eigenvalue weighted by atomic mass is 19.1. The van der Waals surface area contributed by atoms with Gasteiger partial charge < -0.3 is 20.8 Å². The average Bonchev–Trinajstić information content (AvgIpc) is 2.30. The Morgan fingerprint density at radius 3 is 2.67 bits per heavy atom. The first-order valence-corrected chi connectivity index (χ1v) is 5.12. The van der Waals surface area contributed by atoms with Crippen molar-refractivity contribution in [2.45, 2.75) is 13.0 Å². The maximum atomic E-state index is 13.4. The summed E-state index contributed by atoms with van der Waals surface area (Å²) >= 11 is 0. The SMILES string of the molecule is Cc1cccc(F)c1NC(=O)NC[C@H](O)C(=O)O. The van der Waals surface area contributed by atoms with Crippen molar-refractivity contribution in [1.29, 1.82) is 0 Å². The number of aliphatic carboxylic acids is 1. The van der Waals surface area contributed by atoms with E-state index in [1.807, 2.05) is 0 Å². The van der Waals surface area contributed by atoms with Gasteiger partial charge in [0.2, 0.25) is 0 Å². The Hall–Kier alpha value is -2.15. The molecule has 0 saturated heterocycles. The van der Waals surface area contributed by atoms with Crippen LogP contribution < -0.4 is 10.6 Å². The lowest BCUT2D eigenvalue weighted by Gasteiger charge is -2.11. The number of para-hydroxylation sites is 1. The number of aliphatic hydroxyl groups is 1. The third-order valence-corrected chi connectivity index (χ3v) is 2.20. The van der Waals surface area contributed by atoms with Crippen molar-refractivity contribution >= 4 is 17.7 Å². The number of nitrogens with one attached hydrogen (secondary N) is 2. The van der Waals surface area contributed by atoms with E-state index in [9.17, 15) is 14.0 Å². The molecule has 0 saturated carbocycles. The highest BCUT2D eigenvalue weighted by Crippen LogP contribution is 2.18. The van der Waals surface area contributed by atoms with Crippen LogP contribution in [0.25, 0.3) is 0 Å². The van der Waals surface area contributed by atoms with Crippen molar-refractivity contribution in [2.75, 3.05) is 11.9 Å². The van der Waals surface area contributed by atoms with Crippen molar-refractivity contribution in [2.24, 2.45) is 0 Å². The van der Waals surface area contributed by atoms with E-state index in [1.54, 1.807) is 13.0 Å². The van der Waals surface area contributed by atoms with Gasteiger partial charge in [0, 0.05) is 0 Å². The van der Waals surface area contributed by atoms with Crippen LogP contribution >= 0.6 is 0 Å². The van der Waals surface area contributed by atoms with Crippen LogP contribution in [0.5, 0.6) is 0 Å². The summed E-state index contributed by atoms with van der Waals surface area (Å²) in [7, 11) is 0. The van der Waals surface area contributed by atoms with Crippen LogP contribution in [-0.4, -0.2) is 34.9 Å². The fourth-order valence-corrected chi connectivity index (χ4v) is 1.22. The summed E-state index contributed by atoms with van der Waals surface area (Å²) in [6.45, 7) is 1.15. The number of benzene rings is 1. The van der Waals surface area contributed by atoms with Crippen molar-refractivity contribution in [3.63, 3.8) is 0 Å². The Morgan fingerprint density at radius 2 is 2.11 bits per heavy atom. The van der Waals surface area contributed by atoms with Gasteiger partial charge >= 0.3 is 12.0 Å². The molecule has 98 valence electrons. The molecular formula is C11H13FN2O4. The Bertz CT molecular complexity index is 444. The van der Waals surface area contributed by atoms with E-state index >= 15 is 0 Å². The maximum Gasteiger partial charge on any atom is 0.334 e. The Kier molecular flexibility index (Phi) is 4.61. The van der Waals surface area contributed by atoms with Gasteiger partial charge in [-0.3, -0.25) is 0 Å². The smallest absolute Gasteiger partial charge is 0.334 e. The number of rotatable bonds is 4. The number of hydrogen-bond acceptors (Lipinski definition) is 3. The fraction of sp³-hybridized carbons (Fsp3) is 0.273. The number of anilines is 1. The molecule has 0 heterocycles. The fourth-order valence-electron chi connectivity index (χ4n) is 1.22. The Morgan fingerprint density at radius 1 is 1.44 bits per heavy atom. The van der Waals surface area contributed by atoms with Crippen LogP contribution in [0.3, 0.4) is 0 Å². The van der Waals surface area contributed by atoms with Gasteiger partial charge in [-0.1, -0.05) is 12.1 Å². The van der Waals surface area contributed by atoms with Gasteiger partial charge in [0.05, 0.1) is 12.2 Å². The van der Waals surface area contributed by atoms with Crippen LogP contribution in [0.4, 0.5) is 14.9 Å². The number of hydrogen-bond donors (Lipinski definition) is 4. The number of carboxylic acid groups (broad SMARTS) is 1. The van der Waals surface area contributed by atoms with E-state index < -0.39 is 30.5 Å². The number of aliphatic hydroxyl groups excluding tert-OH is 1. The summed E-state index contributed by atoms with van der Waals surface area (Å²) < 4.78 is 13.4. The summed E-state index contributed by atoms with van der Waals surface area (Å²) in [6.07, 6.45) is -1.70. The van der Waals surface area contributed by atoms with Crippen LogP contribution in [0.1, 0.15) is 5.56 Å². The summed E-state index contributed by atoms with van der Waals surface area (Å²) in [5.74, 6) is -2.04. The largest absolute Gasteiger partial charge is 0.479 e. The number of halogens is 1. The minimum absolute atomic E-state index is 0.0137. The highest BCUT2D eigenvalue weighted by molar-refractivity contribution is 5.90. The third-order valence-electron chi connectivity index (χ3n) is 2.20. The first-order valence-electron chi connectivity index (χ1n) is 5.12. The molecule has 0 radical (unpaired) electrons. The van der Waals surface area contributed by atoms with Gasteiger partial charge in [0.15, 0.2) is 6.10 Å². The molecule has 0 aliphatic rings. The molecular weight excluding hydrogens is 243 g/mol. The molecule has 1 aromatic carbocycles. The van der Waals surface area contributed by atoms with Gasteiger partial charge in [0.25, 0.3) is 0 Å². The molecule has 0 aliphatic carbocycles. The van der Waals surface area contributed by atoms with E-state index in [1.165, 1.54) is 12.1 Å². The average molecular weight is 256 g/mol. The minimum Gasteiger partial charge on any atom is -0.479 e. The first kappa shape index (κ1) is 13.9. The lowest BCUT2D eigenvalue weighted by Crippen LogP contribution is -2.38. The van der Waals surface area contributed by atoms with Gasteiger partial charge in [-0.25, -0.2) is 14.0 Å². The standard InChI is InChI=1S/C11H13FN2O4/c1-6-3-2-4-7(12)9(6)14-11(18)13-5-8(15)10(16)17/h2-4,8,15H,5H2,1H3,(H,16,17)(H2,13,14,18)/t8-/m0/s1. The molecule has 0 aromatic heterocycles. The number of carbonyl (C=O) groups excluding carboxylic acids is 1. The Balaban J connectivity index is 2.58. The van der Waals surface area contributed by atoms with Gasteiger partial charge in [0.1, 0.15) is 5.82 Å². The second-order valence-electron chi connectivity index (χ2n) is 3.62. The molecule has 1 rings (SSSR count). The lowest BCUT2D eigenvalue weighted by molar-refractivity contribution is -0.146. The highest BCUT2D eigenvalue weighted by Gasteiger charge is 2.15. The monoisotopic (exact) mass is 256 g/mol. The molecule has 0 bridgehead atoms. The van der Waals surface area contributed by atoms with E-state index in [2.05, 4.69) is 10.6 Å². The van der Waals surface area contributed by atoms with Crippen molar-refractivity contribution in [1.82, 2.24) is 5.32 Å². The van der Waals surface area contributed by atoms with Crippen LogP contribution in [0, 0.1) is 12.7 Å². The number of urea groups is 1. The second kappa shape index (κ2) is 5.97. The zero-order chi connectivity index (χ0) is 13.7. The van der Waals surface area contributed by atoms with Crippen molar-refractivity contribution in [3.05, 3.63) is 29.6 Å². The number of carbonyl (C=O) groups is 2. The molecule has 7 heteroatoms. The molecule has 0 unspecified atom stereocenters. The summed E-state index contributed by atoms with van der Waals surface area (Å²) in [5, 5.41) is 21.7. The molecule has 0 fully saturated rings.